The van der Waals surface area contributed by atoms with E-state index in [0.29, 0.717) is 6.54 Å². The minimum Gasteiger partial charge on any atom is -0.314 e. The second-order valence-corrected chi connectivity index (χ2v) is 6.92. The highest BCUT2D eigenvalue weighted by Crippen LogP contribution is 2.29. The average molecular weight is 341 g/mol. The van der Waals surface area contributed by atoms with Gasteiger partial charge in [0.25, 0.3) is 0 Å². The van der Waals surface area contributed by atoms with Gasteiger partial charge < -0.3 is 5.32 Å². The van der Waals surface area contributed by atoms with Crippen molar-refractivity contribution in [2.24, 2.45) is 0 Å². The molecule has 1 saturated heterocycles. The molecule has 1 N–H and O–H groups in total. The summed E-state index contributed by atoms with van der Waals surface area (Å²) >= 11 is 0. The highest BCUT2D eigenvalue weighted by Gasteiger charge is 2.35. The molecule has 0 aliphatic carbocycles. The first kappa shape index (κ1) is 17.7. The number of alkyl halides is 3. The van der Waals surface area contributed by atoms with Crippen molar-refractivity contribution >= 4 is 0 Å². The van der Waals surface area contributed by atoms with Crippen LogP contribution in [0.5, 0.6) is 0 Å². The zero-order valence-electron chi connectivity index (χ0n) is 14.2. The van der Waals surface area contributed by atoms with Gasteiger partial charge in [-0.25, -0.2) is 0 Å². The summed E-state index contributed by atoms with van der Waals surface area (Å²) < 4.78 is 38.4. The molecule has 2 aliphatic heterocycles. The number of nitrogens with zero attached hydrogens (tertiary/aromatic N) is 2. The minimum absolute atomic E-state index is 0.0199. The quantitative estimate of drug-likeness (QED) is 0.909. The molecular formula is C18H26F3N3. The lowest BCUT2D eigenvalue weighted by Crippen LogP contribution is -2.45. The molecular weight excluding hydrogens is 315 g/mol. The van der Waals surface area contributed by atoms with Gasteiger partial charge in [-0.1, -0.05) is 25.1 Å². The van der Waals surface area contributed by atoms with Crippen molar-refractivity contribution in [1.82, 2.24) is 15.1 Å². The monoisotopic (exact) mass is 341 g/mol. The fourth-order valence-electron chi connectivity index (χ4n) is 3.80. The molecule has 0 aromatic heterocycles. The fourth-order valence-corrected chi connectivity index (χ4v) is 3.80. The lowest BCUT2D eigenvalue weighted by Gasteiger charge is -2.37. The van der Waals surface area contributed by atoms with Gasteiger partial charge in [0, 0.05) is 45.3 Å². The molecule has 0 saturated carbocycles. The largest absolute Gasteiger partial charge is 0.401 e. The Morgan fingerprint density at radius 2 is 1.92 bits per heavy atom. The topological polar surface area (TPSA) is 18.5 Å². The first-order chi connectivity index (χ1) is 11.4. The van der Waals surface area contributed by atoms with Crippen LogP contribution in [0.3, 0.4) is 0 Å². The van der Waals surface area contributed by atoms with E-state index in [4.69, 9.17) is 0 Å². The van der Waals surface area contributed by atoms with Crippen molar-refractivity contribution in [3.05, 3.63) is 34.9 Å². The molecule has 1 aromatic rings. The van der Waals surface area contributed by atoms with Gasteiger partial charge in [0.1, 0.15) is 0 Å². The summed E-state index contributed by atoms with van der Waals surface area (Å²) in [6.45, 7) is 6.64. The molecule has 1 fully saturated rings. The highest BCUT2D eigenvalue weighted by molar-refractivity contribution is 5.34. The summed E-state index contributed by atoms with van der Waals surface area (Å²) in [6, 6.07) is 6.31. The van der Waals surface area contributed by atoms with E-state index in [1.165, 1.54) is 11.1 Å². The normalized spacial score (nSPS) is 23.2. The van der Waals surface area contributed by atoms with Crippen LogP contribution in [0, 0.1) is 0 Å². The molecule has 1 aromatic carbocycles. The first-order valence-electron chi connectivity index (χ1n) is 8.79. The fraction of sp³-hybridized carbons (Fsp3) is 0.667. The van der Waals surface area contributed by atoms with Crippen molar-refractivity contribution in [3.8, 4) is 0 Å². The van der Waals surface area contributed by atoms with E-state index in [1.54, 1.807) is 4.90 Å². The summed E-state index contributed by atoms with van der Waals surface area (Å²) in [4.78, 5) is 4.01. The Morgan fingerprint density at radius 3 is 2.58 bits per heavy atom. The third-order valence-corrected chi connectivity index (χ3v) is 5.09. The first-order valence-corrected chi connectivity index (χ1v) is 8.79. The summed E-state index contributed by atoms with van der Waals surface area (Å²) in [5, 5.41) is 3.35. The van der Waals surface area contributed by atoms with Gasteiger partial charge in [-0.05, 0) is 29.5 Å². The Kier molecular flexibility index (Phi) is 5.47. The zero-order chi connectivity index (χ0) is 17.2. The van der Waals surface area contributed by atoms with E-state index in [0.717, 1.165) is 51.1 Å². The highest BCUT2D eigenvalue weighted by atomic mass is 19.4. The van der Waals surface area contributed by atoms with E-state index in [1.807, 2.05) is 13.0 Å². The summed E-state index contributed by atoms with van der Waals surface area (Å²) in [7, 11) is 0. The Labute approximate surface area is 141 Å². The van der Waals surface area contributed by atoms with E-state index >= 15 is 0 Å². The Morgan fingerprint density at radius 1 is 1.17 bits per heavy atom. The number of benzene rings is 1. The average Bonchev–Trinajstić information content (AvgIpc) is 2.54. The molecule has 1 unspecified atom stereocenters. The standard InChI is InChI=1S/C18H26F3N3/c1-2-17-10-16-9-14(11-23-7-5-22-6-8-23)3-4-15(16)12-24(17)13-18(19,20)21/h3-4,9,17,22H,2,5-8,10-13H2,1H3. The van der Waals surface area contributed by atoms with Crippen LogP contribution in [0.4, 0.5) is 13.2 Å². The van der Waals surface area contributed by atoms with Crippen molar-refractivity contribution in [2.45, 2.75) is 45.1 Å². The third-order valence-electron chi connectivity index (χ3n) is 5.09. The van der Waals surface area contributed by atoms with Crippen LogP contribution in [-0.4, -0.2) is 54.7 Å². The van der Waals surface area contributed by atoms with Gasteiger partial charge in [-0.3, -0.25) is 9.80 Å². The molecule has 0 spiro atoms. The molecule has 134 valence electrons. The zero-order valence-corrected chi connectivity index (χ0v) is 14.2. The van der Waals surface area contributed by atoms with Crippen LogP contribution in [0.15, 0.2) is 18.2 Å². The maximum atomic E-state index is 12.8. The van der Waals surface area contributed by atoms with Crippen molar-refractivity contribution in [3.63, 3.8) is 0 Å². The number of nitrogens with one attached hydrogen (secondary N) is 1. The number of halogens is 3. The number of hydrogen-bond acceptors (Lipinski definition) is 3. The smallest absolute Gasteiger partial charge is 0.314 e. The molecule has 0 bridgehead atoms. The van der Waals surface area contributed by atoms with Gasteiger partial charge >= 0.3 is 6.18 Å². The van der Waals surface area contributed by atoms with Crippen LogP contribution in [0.1, 0.15) is 30.0 Å². The maximum Gasteiger partial charge on any atom is 0.401 e. The predicted molar refractivity (Wildman–Crippen MR) is 88.8 cm³/mol. The van der Waals surface area contributed by atoms with Gasteiger partial charge in [-0.15, -0.1) is 0 Å². The third kappa shape index (κ3) is 4.49. The number of fused-ring (bicyclic) bond motifs is 1. The molecule has 0 amide bonds. The second-order valence-electron chi connectivity index (χ2n) is 6.92. The van der Waals surface area contributed by atoms with Crippen molar-refractivity contribution in [2.75, 3.05) is 32.7 Å². The molecule has 3 rings (SSSR count). The molecule has 3 nitrogen and oxygen atoms in total. The predicted octanol–water partition coefficient (Wildman–Crippen LogP) is 2.79. The summed E-state index contributed by atoms with van der Waals surface area (Å²) in [6.07, 6.45) is -2.66. The Bertz CT molecular complexity index is 553. The van der Waals surface area contributed by atoms with Crippen molar-refractivity contribution in [1.29, 1.82) is 0 Å². The molecule has 0 radical (unpaired) electrons. The second kappa shape index (κ2) is 7.42. The lowest BCUT2D eigenvalue weighted by molar-refractivity contribution is -0.153. The SMILES string of the molecule is CCC1Cc2cc(CN3CCNCC3)ccc2CN1CC(F)(F)F. The minimum atomic E-state index is -4.13. The maximum absolute atomic E-state index is 12.8. The Hall–Kier alpha value is -1.11. The van der Waals surface area contributed by atoms with Gasteiger partial charge in [-0.2, -0.15) is 13.2 Å². The van der Waals surface area contributed by atoms with Crippen LogP contribution in [-0.2, 0) is 19.5 Å². The Balaban J connectivity index is 1.71. The van der Waals surface area contributed by atoms with Crippen LogP contribution < -0.4 is 5.32 Å². The van der Waals surface area contributed by atoms with Crippen LogP contribution >= 0.6 is 0 Å². The number of hydrogen-bond donors (Lipinski definition) is 1. The summed E-state index contributed by atoms with van der Waals surface area (Å²) in [5.74, 6) is 0. The molecule has 6 heteroatoms. The van der Waals surface area contributed by atoms with Crippen molar-refractivity contribution < 1.29 is 13.2 Å². The number of rotatable bonds is 4. The van der Waals surface area contributed by atoms with Gasteiger partial charge in [0.05, 0.1) is 6.54 Å². The van der Waals surface area contributed by atoms with Crippen LogP contribution in [0.2, 0.25) is 0 Å². The number of piperazine rings is 1. The van der Waals surface area contributed by atoms with Crippen LogP contribution in [0.25, 0.3) is 0 Å². The van der Waals surface area contributed by atoms with E-state index in [9.17, 15) is 13.2 Å². The van der Waals surface area contributed by atoms with E-state index < -0.39 is 12.7 Å². The molecule has 24 heavy (non-hydrogen) atoms. The van der Waals surface area contributed by atoms with Gasteiger partial charge in [0.2, 0.25) is 0 Å². The van der Waals surface area contributed by atoms with E-state index in [2.05, 4.69) is 22.3 Å². The molecule has 2 heterocycles. The van der Waals surface area contributed by atoms with E-state index in [-0.39, 0.29) is 6.04 Å². The summed E-state index contributed by atoms with van der Waals surface area (Å²) in [5.41, 5.74) is 3.55. The lowest BCUT2D eigenvalue weighted by atomic mass is 9.91. The van der Waals surface area contributed by atoms with Gasteiger partial charge in [0.15, 0.2) is 0 Å². The molecule has 2 aliphatic rings. The molecule has 1 atom stereocenters.